The van der Waals surface area contributed by atoms with Crippen LogP contribution in [-0.2, 0) is 10.9 Å². The van der Waals surface area contributed by atoms with E-state index in [2.05, 4.69) is 12.2 Å². The van der Waals surface area contributed by atoms with Gasteiger partial charge in [-0.3, -0.25) is 0 Å². The molecule has 1 aliphatic rings. The number of hydrogen-bond acceptors (Lipinski definition) is 2. The maximum Gasteiger partial charge on any atom is 0.416 e. The van der Waals surface area contributed by atoms with Gasteiger partial charge < -0.3 is 10.1 Å². The van der Waals surface area contributed by atoms with Gasteiger partial charge in [-0.05, 0) is 37.5 Å². The number of halogens is 3. The van der Waals surface area contributed by atoms with Gasteiger partial charge in [-0.25, -0.2) is 0 Å². The van der Waals surface area contributed by atoms with Crippen molar-refractivity contribution in [2.75, 3.05) is 11.9 Å². The monoisotopic (exact) mass is 273 g/mol. The summed E-state index contributed by atoms with van der Waals surface area (Å²) in [5.41, 5.74) is -0.0896. The molecule has 2 atom stereocenters. The molecule has 1 aliphatic heterocycles. The lowest BCUT2D eigenvalue weighted by atomic mass is 10.0. The molecule has 1 fully saturated rings. The SMILES string of the molecule is CCC1CC(Nc2cccc(C(F)(F)F)c2)CCO1. The first-order valence-electron chi connectivity index (χ1n) is 6.54. The zero-order valence-corrected chi connectivity index (χ0v) is 10.8. The average molecular weight is 273 g/mol. The van der Waals surface area contributed by atoms with Gasteiger partial charge in [-0.1, -0.05) is 13.0 Å². The summed E-state index contributed by atoms with van der Waals surface area (Å²) in [5.74, 6) is 0. The average Bonchev–Trinajstić information content (AvgIpc) is 2.38. The molecule has 0 aromatic heterocycles. The van der Waals surface area contributed by atoms with Gasteiger partial charge in [0.15, 0.2) is 0 Å². The predicted octanol–water partition coefficient (Wildman–Crippen LogP) is 4.07. The fourth-order valence-corrected chi connectivity index (χ4v) is 2.32. The minimum atomic E-state index is -4.29. The first kappa shape index (κ1) is 14.2. The van der Waals surface area contributed by atoms with Gasteiger partial charge >= 0.3 is 6.18 Å². The van der Waals surface area contributed by atoms with Gasteiger partial charge in [0.1, 0.15) is 0 Å². The van der Waals surface area contributed by atoms with Crippen LogP contribution < -0.4 is 5.32 Å². The zero-order valence-electron chi connectivity index (χ0n) is 10.8. The number of benzene rings is 1. The van der Waals surface area contributed by atoms with Gasteiger partial charge in [-0.2, -0.15) is 13.2 Å². The maximum atomic E-state index is 12.6. The van der Waals surface area contributed by atoms with Gasteiger partial charge in [0.25, 0.3) is 0 Å². The van der Waals surface area contributed by atoms with Crippen molar-refractivity contribution in [3.05, 3.63) is 29.8 Å². The van der Waals surface area contributed by atoms with Gasteiger partial charge in [-0.15, -0.1) is 0 Å². The molecule has 0 saturated carbocycles. The molecule has 2 rings (SSSR count). The Balaban J connectivity index is 2.03. The molecule has 0 amide bonds. The summed E-state index contributed by atoms with van der Waals surface area (Å²) in [5, 5.41) is 3.18. The van der Waals surface area contributed by atoms with Crippen LogP contribution in [0.5, 0.6) is 0 Å². The molecule has 0 radical (unpaired) electrons. The van der Waals surface area contributed by atoms with Crippen LogP contribution >= 0.6 is 0 Å². The van der Waals surface area contributed by atoms with Crippen molar-refractivity contribution < 1.29 is 17.9 Å². The maximum absolute atomic E-state index is 12.6. The second kappa shape index (κ2) is 5.82. The van der Waals surface area contributed by atoms with Crippen molar-refractivity contribution in [2.24, 2.45) is 0 Å². The highest BCUT2D eigenvalue weighted by Gasteiger charge is 2.30. The van der Waals surface area contributed by atoms with E-state index in [4.69, 9.17) is 4.74 Å². The molecule has 5 heteroatoms. The molecule has 0 spiro atoms. The number of alkyl halides is 3. The first-order valence-corrected chi connectivity index (χ1v) is 6.54. The molecule has 2 unspecified atom stereocenters. The fraction of sp³-hybridized carbons (Fsp3) is 0.571. The van der Waals surface area contributed by atoms with Gasteiger partial charge in [0.05, 0.1) is 11.7 Å². The van der Waals surface area contributed by atoms with E-state index >= 15 is 0 Å². The zero-order chi connectivity index (χ0) is 13.9. The smallest absolute Gasteiger partial charge is 0.382 e. The van der Waals surface area contributed by atoms with Crippen LogP contribution in [0.4, 0.5) is 18.9 Å². The third-order valence-corrected chi connectivity index (χ3v) is 3.38. The van der Waals surface area contributed by atoms with Crippen LogP contribution in [0.1, 0.15) is 31.7 Å². The van der Waals surface area contributed by atoms with Crippen molar-refractivity contribution in [1.29, 1.82) is 0 Å². The lowest BCUT2D eigenvalue weighted by Crippen LogP contribution is -2.33. The van der Waals surface area contributed by atoms with Crippen molar-refractivity contribution in [1.82, 2.24) is 0 Å². The normalized spacial score (nSPS) is 24.2. The molecule has 1 heterocycles. The lowest BCUT2D eigenvalue weighted by molar-refractivity contribution is -0.137. The topological polar surface area (TPSA) is 21.3 Å². The van der Waals surface area contributed by atoms with Crippen molar-refractivity contribution >= 4 is 5.69 Å². The molecule has 0 aliphatic carbocycles. The molecule has 106 valence electrons. The molecule has 1 aromatic carbocycles. The highest BCUT2D eigenvalue weighted by atomic mass is 19.4. The van der Waals surface area contributed by atoms with Crippen molar-refractivity contribution in [3.63, 3.8) is 0 Å². The fourth-order valence-electron chi connectivity index (χ4n) is 2.32. The standard InChI is InChI=1S/C14H18F3NO/c1-2-13-9-12(6-7-19-13)18-11-5-3-4-10(8-11)14(15,16)17/h3-5,8,12-13,18H,2,6-7,9H2,1H3. The Morgan fingerprint density at radius 3 is 2.84 bits per heavy atom. The van der Waals surface area contributed by atoms with Crippen LogP contribution in [0.15, 0.2) is 24.3 Å². The number of anilines is 1. The highest BCUT2D eigenvalue weighted by Crippen LogP contribution is 2.31. The third kappa shape index (κ3) is 3.86. The summed E-state index contributed by atoms with van der Waals surface area (Å²) < 4.78 is 43.4. The summed E-state index contributed by atoms with van der Waals surface area (Å²) in [6.07, 6.45) is -1.49. The van der Waals surface area contributed by atoms with Crippen LogP contribution in [0.2, 0.25) is 0 Å². The highest BCUT2D eigenvalue weighted by molar-refractivity contribution is 5.47. The summed E-state index contributed by atoms with van der Waals surface area (Å²) in [6.45, 7) is 2.71. The minimum Gasteiger partial charge on any atom is -0.382 e. The molecule has 1 N–H and O–H groups in total. The Morgan fingerprint density at radius 2 is 2.16 bits per heavy atom. The van der Waals surface area contributed by atoms with E-state index in [1.165, 1.54) is 6.07 Å². The molecule has 19 heavy (non-hydrogen) atoms. The molecular weight excluding hydrogens is 255 g/mol. The number of ether oxygens (including phenoxy) is 1. The number of nitrogens with one attached hydrogen (secondary N) is 1. The second-order valence-electron chi connectivity index (χ2n) is 4.85. The predicted molar refractivity (Wildman–Crippen MR) is 68.1 cm³/mol. The van der Waals surface area contributed by atoms with Crippen molar-refractivity contribution in [2.45, 2.75) is 44.5 Å². The van der Waals surface area contributed by atoms with E-state index in [9.17, 15) is 13.2 Å². The van der Waals surface area contributed by atoms with Gasteiger partial charge in [0.2, 0.25) is 0 Å². The molecule has 1 aromatic rings. The summed E-state index contributed by atoms with van der Waals surface area (Å²) in [4.78, 5) is 0. The summed E-state index contributed by atoms with van der Waals surface area (Å²) in [6, 6.07) is 5.54. The summed E-state index contributed by atoms with van der Waals surface area (Å²) >= 11 is 0. The lowest BCUT2D eigenvalue weighted by Gasteiger charge is -2.30. The Kier molecular flexibility index (Phi) is 4.34. The molecule has 1 saturated heterocycles. The number of hydrogen-bond donors (Lipinski definition) is 1. The second-order valence-corrected chi connectivity index (χ2v) is 4.85. The Hall–Kier alpha value is -1.23. The van der Waals surface area contributed by atoms with Crippen LogP contribution in [0.25, 0.3) is 0 Å². The van der Waals surface area contributed by atoms with Gasteiger partial charge in [0, 0.05) is 18.3 Å². The van der Waals surface area contributed by atoms with E-state index < -0.39 is 11.7 Å². The molecule has 0 bridgehead atoms. The van der Waals surface area contributed by atoms with Crippen LogP contribution in [-0.4, -0.2) is 18.8 Å². The Labute approximate surface area is 111 Å². The van der Waals surface area contributed by atoms with E-state index in [-0.39, 0.29) is 12.1 Å². The van der Waals surface area contributed by atoms with Crippen molar-refractivity contribution in [3.8, 4) is 0 Å². The molecule has 2 nitrogen and oxygen atoms in total. The van der Waals surface area contributed by atoms with Crippen LogP contribution in [0.3, 0.4) is 0 Å². The van der Waals surface area contributed by atoms with E-state index in [1.807, 2.05) is 0 Å². The third-order valence-electron chi connectivity index (χ3n) is 3.38. The summed E-state index contributed by atoms with van der Waals surface area (Å²) in [7, 11) is 0. The minimum absolute atomic E-state index is 0.183. The Morgan fingerprint density at radius 1 is 1.37 bits per heavy atom. The van der Waals surface area contributed by atoms with E-state index in [0.717, 1.165) is 31.4 Å². The largest absolute Gasteiger partial charge is 0.416 e. The Bertz CT molecular complexity index is 419. The first-order chi connectivity index (χ1) is 8.99. The van der Waals surface area contributed by atoms with E-state index in [0.29, 0.717) is 12.3 Å². The molecular formula is C14H18F3NO. The van der Waals surface area contributed by atoms with Crippen LogP contribution in [0, 0.1) is 0 Å². The quantitative estimate of drug-likeness (QED) is 0.896. The number of rotatable bonds is 3. The van der Waals surface area contributed by atoms with E-state index in [1.54, 1.807) is 6.07 Å².